The van der Waals surface area contributed by atoms with Gasteiger partial charge in [-0.05, 0) is 87.8 Å². The maximum atomic E-state index is 12.3. The molecular weight excluding hydrogens is 537 g/mol. The van der Waals surface area contributed by atoms with E-state index >= 15 is 0 Å². The quantitative estimate of drug-likeness (QED) is 0.254. The van der Waals surface area contributed by atoms with Gasteiger partial charge in [0.25, 0.3) is 0 Å². The van der Waals surface area contributed by atoms with E-state index in [4.69, 9.17) is 14.2 Å². The first-order chi connectivity index (χ1) is 13.5. The normalized spacial score (nSPS) is 14.8. The molecule has 0 N–H and O–H groups in total. The van der Waals surface area contributed by atoms with Gasteiger partial charge < -0.3 is 14.2 Å². The van der Waals surface area contributed by atoms with Crippen molar-refractivity contribution in [2.45, 2.75) is 20.3 Å². The summed E-state index contributed by atoms with van der Waals surface area (Å²) in [6.45, 7) is 5.11. The molecule has 0 aliphatic carbocycles. The smallest absolute Gasteiger partial charge is 0.363 e. The SMILES string of the molecule is CCCOc1c(I)cc(/C=C2\N=C(c3ccccc3Br)OC2=O)cc1OCC. The van der Waals surface area contributed by atoms with Crippen molar-refractivity contribution in [2.24, 2.45) is 4.99 Å². The van der Waals surface area contributed by atoms with Crippen LogP contribution in [0.3, 0.4) is 0 Å². The third-order valence-electron chi connectivity index (χ3n) is 3.81. The van der Waals surface area contributed by atoms with Gasteiger partial charge in [0, 0.05) is 4.47 Å². The molecule has 0 saturated carbocycles. The zero-order valence-corrected chi connectivity index (χ0v) is 19.2. The Bertz CT molecular complexity index is 955. The van der Waals surface area contributed by atoms with Gasteiger partial charge in [0.15, 0.2) is 17.2 Å². The molecule has 2 aromatic carbocycles. The minimum Gasteiger partial charge on any atom is -0.490 e. The van der Waals surface area contributed by atoms with Gasteiger partial charge in [0.2, 0.25) is 5.90 Å². The number of rotatable bonds is 7. The van der Waals surface area contributed by atoms with E-state index in [1.54, 1.807) is 6.08 Å². The van der Waals surface area contributed by atoms with Crippen LogP contribution >= 0.6 is 38.5 Å². The molecule has 0 fully saturated rings. The number of halogens is 2. The monoisotopic (exact) mass is 555 g/mol. The van der Waals surface area contributed by atoms with Crippen LogP contribution < -0.4 is 9.47 Å². The van der Waals surface area contributed by atoms with E-state index in [1.165, 1.54) is 0 Å². The third-order valence-corrected chi connectivity index (χ3v) is 5.30. The lowest BCUT2D eigenvalue weighted by molar-refractivity contribution is -0.129. The average Bonchev–Trinajstić information content (AvgIpc) is 3.02. The Kier molecular flexibility index (Phi) is 7.12. The van der Waals surface area contributed by atoms with Crippen LogP contribution in [-0.2, 0) is 9.53 Å². The van der Waals surface area contributed by atoms with Crippen LogP contribution in [0.15, 0.2) is 51.6 Å². The molecular formula is C21H19BrINO4. The van der Waals surface area contributed by atoms with Crippen molar-refractivity contribution < 1.29 is 19.0 Å². The number of cyclic esters (lactones) is 1. The zero-order valence-electron chi connectivity index (χ0n) is 15.5. The van der Waals surface area contributed by atoms with Crippen LogP contribution in [0.1, 0.15) is 31.4 Å². The first kappa shape index (κ1) is 20.9. The summed E-state index contributed by atoms with van der Waals surface area (Å²) in [6, 6.07) is 11.3. The number of carbonyl (C=O) groups is 1. The van der Waals surface area contributed by atoms with Gasteiger partial charge in [-0.3, -0.25) is 0 Å². The van der Waals surface area contributed by atoms with Crippen LogP contribution in [0.5, 0.6) is 11.5 Å². The lowest BCUT2D eigenvalue weighted by Gasteiger charge is -2.14. The number of nitrogens with zero attached hydrogens (tertiary/aromatic N) is 1. The molecule has 5 nitrogen and oxygen atoms in total. The van der Waals surface area contributed by atoms with Crippen LogP contribution in [0, 0.1) is 3.57 Å². The number of carbonyl (C=O) groups excluding carboxylic acids is 1. The lowest BCUT2D eigenvalue weighted by atomic mass is 10.1. The van der Waals surface area contributed by atoms with Gasteiger partial charge in [-0.25, -0.2) is 9.79 Å². The number of aliphatic imine (C=N–C) groups is 1. The highest BCUT2D eigenvalue weighted by molar-refractivity contribution is 14.1. The molecule has 7 heteroatoms. The van der Waals surface area contributed by atoms with Crippen molar-refractivity contribution in [2.75, 3.05) is 13.2 Å². The minimum absolute atomic E-state index is 0.242. The summed E-state index contributed by atoms with van der Waals surface area (Å²) >= 11 is 5.66. The number of esters is 1. The Morgan fingerprint density at radius 3 is 2.71 bits per heavy atom. The first-order valence-electron chi connectivity index (χ1n) is 8.90. The molecule has 0 aromatic heterocycles. The van der Waals surface area contributed by atoms with Crippen LogP contribution in [0.4, 0.5) is 0 Å². The Morgan fingerprint density at radius 2 is 2.00 bits per heavy atom. The predicted octanol–water partition coefficient (Wildman–Crippen LogP) is 5.59. The fourth-order valence-electron chi connectivity index (χ4n) is 2.60. The van der Waals surface area contributed by atoms with Crippen molar-refractivity contribution in [3.63, 3.8) is 0 Å². The second-order valence-corrected chi connectivity index (χ2v) is 7.94. The molecule has 0 spiro atoms. The second kappa shape index (κ2) is 9.56. The molecule has 0 unspecified atom stereocenters. The standard InChI is InChI=1S/C21H19BrINO4/c1-3-9-27-19-16(23)10-13(12-18(19)26-4-2)11-17-21(25)28-20(24-17)14-7-5-6-8-15(14)22/h5-8,10-12H,3-4,9H2,1-2H3/b17-11-. The lowest BCUT2D eigenvalue weighted by Crippen LogP contribution is -2.06. The number of hydrogen-bond donors (Lipinski definition) is 0. The maximum Gasteiger partial charge on any atom is 0.363 e. The largest absolute Gasteiger partial charge is 0.490 e. The molecule has 0 amide bonds. The first-order valence-corrected chi connectivity index (χ1v) is 10.8. The Morgan fingerprint density at radius 1 is 1.21 bits per heavy atom. The molecule has 0 bridgehead atoms. The molecule has 1 heterocycles. The van der Waals surface area contributed by atoms with E-state index < -0.39 is 5.97 Å². The second-order valence-electron chi connectivity index (χ2n) is 5.93. The summed E-state index contributed by atoms with van der Waals surface area (Å²) in [5, 5.41) is 0. The van der Waals surface area contributed by atoms with E-state index in [2.05, 4.69) is 50.4 Å². The minimum atomic E-state index is -0.481. The van der Waals surface area contributed by atoms with Crippen molar-refractivity contribution in [3.8, 4) is 11.5 Å². The highest BCUT2D eigenvalue weighted by atomic mass is 127. The van der Waals surface area contributed by atoms with Crippen LogP contribution in [-0.4, -0.2) is 25.1 Å². The van der Waals surface area contributed by atoms with E-state index in [0.29, 0.717) is 19.0 Å². The fraction of sp³-hybridized carbons (Fsp3) is 0.238. The van der Waals surface area contributed by atoms with Gasteiger partial charge in [0.1, 0.15) is 0 Å². The molecule has 0 saturated heterocycles. The third kappa shape index (κ3) is 4.75. The van der Waals surface area contributed by atoms with Crippen molar-refractivity contribution in [3.05, 3.63) is 61.3 Å². The fourth-order valence-corrected chi connectivity index (χ4v) is 3.83. The Hall–Kier alpha value is -1.87. The summed E-state index contributed by atoms with van der Waals surface area (Å²) in [5.41, 5.74) is 1.76. The van der Waals surface area contributed by atoms with Gasteiger partial charge in [-0.1, -0.05) is 19.1 Å². The van der Waals surface area contributed by atoms with E-state index in [1.807, 2.05) is 43.3 Å². The zero-order chi connectivity index (χ0) is 20.1. The van der Waals surface area contributed by atoms with Crippen molar-refractivity contribution >= 4 is 56.5 Å². The van der Waals surface area contributed by atoms with Crippen LogP contribution in [0.2, 0.25) is 0 Å². The van der Waals surface area contributed by atoms with Gasteiger partial charge >= 0.3 is 5.97 Å². The Labute approximate surface area is 186 Å². The van der Waals surface area contributed by atoms with E-state index in [-0.39, 0.29) is 11.6 Å². The summed E-state index contributed by atoms with van der Waals surface area (Å²) < 4.78 is 18.6. The van der Waals surface area contributed by atoms with E-state index in [0.717, 1.165) is 31.3 Å². The average molecular weight is 556 g/mol. The highest BCUT2D eigenvalue weighted by Gasteiger charge is 2.25. The summed E-state index contributed by atoms with van der Waals surface area (Å²) in [5.74, 6) is 1.17. The molecule has 146 valence electrons. The van der Waals surface area contributed by atoms with E-state index in [9.17, 15) is 4.79 Å². The van der Waals surface area contributed by atoms with Gasteiger partial charge in [0.05, 0.1) is 22.3 Å². The molecule has 1 aliphatic heterocycles. The highest BCUT2D eigenvalue weighted by Crippen LogP contribution is 2.35. The molecule has 3 rings (SSSR count). The Balaban J connectivity index is 1.96. The summed E-state index contributed by atoms with van der Waals surface area (Å²) in [4.78, 5) is 16.7. The topological polar surface area (TPSA) is 57.1 Å². The number of benzene rings is 2. The molecule has 0 radical (unpaired) electrons. The van der Waals surface area contributed by atoms with Gasteiger partial charge in [-0.2, -0.15) is 0 Å². The molecule has 28 heavy (non-hydrogen) atoms. The van der Waals surface area contributed by atoms with Crippen molar-refractivity contribution in [1.82, 2.24) is 0 Å². The molecule has 1 aliphatic rings. The number of ether oxygens (including phenoxy) is 3. The summed E-state index contributed by atoms with van der Waals surface area (Å²) in [6.07, 6.45) is 2.60. The summed E-state index contributed by atoms with van der Waals surface area (Å²) in [7, 11) is 0. The van der Waals surface area contributed by atoms with Gasteiger partial charge in [-0.15, -0.1) is 0 Å². The molecule has 0 atom stereocenters. The maximum absolute atomic E-state index is 12.3. The van der Waals surface area contributed by atoms with Crippen LogP contribution in [0.25, 0.3) is 6.08 Å². The molecule has 2 aromatic rings. The van der Waals surface area contributed by atoms with Crippen molar-refractivity contribution in [1.29, 1.82) is 0 Å². The number of hydrogen-bond acceptors (Lipinski definition) is 5. The predicted molar refractivity (Wildman–Crippen MR) is 121 cm³/mol.